The molecule has 0 saturated heterocycles. The molecule has 1 aromatic carbocycles. The van der Waals surface area contributed by atoms with Crippen LogP contribution in [-0.4, -0.2) is 41.4 Å². The van der Waals surface area contributed by atoms with Crippen LogP contribution in [0.3, 0.4) is 0 Å². The van der Waals surface area contributed by atoms with E-state index in [9.17, 15) is 4.79 Å². The lowest BCUT2D eigenvalue weighted by atomic mass is 10.0. The molecule has 0 spiro atoms. The molecule has 0 bridgehead atoms. The van der Waals surface area contributed by atoms with E-state index in [1.54, 1.807) is 18.6 Å². The van der Waals surface area contributed by atoms with Gasteiger partial charge in [-0.1, -0.05) is 29.8 Å². The number of amides is 1. The van der Waals surface area contributed by atoms with E-state index in [4.69, 9.17) is 0 Å². The Balaban J connectivity index is 1.97. The molecule has 1 amide bonds. The van der Waals surface area contributed by atoms with E-state index in [0.717, 1.165) is 11.3 Å². The van der Waals surface area contributed by atoms with Crippen molar-refractivity contribution in [3.8, 4) is 0 Å². The van der Waals surface area contributed by atoms with E-state index in [-0.39, 0.29) is 11.9 Å². The second-order valence-electron chi connectivity index (χ2n) is 5.51. The van der Waals surface area contributed by atoms with Gasteiger partial charge in [0.15, 0.2) is 0 Å². The number of aromatic nitrogens is 2. The van der Waals surface area contributed by atoms with Gasteiger partial charge in [0.25, 0.3) is 0 Å². The van der Waals surface area contributed by atoms with Crippen LogP contribution < -0.4 is 5.32 Å². The Morgan fingerprint density at radius 2 is 1.95 bits per heavy atom. The topological polar surface area (TPSA) is 58.1 Å². The monoisotopic (exact) mass is 298 g/mol. The Bertz CT molecular complexity index is 596. The zero-order chi connectivity index (χ0) is 15.9. The fraction of sp³-hybridized carbons (Fsp3) is 0.353. The summed E-state index contributed by atoms with van der Waals surface area (Å²) in [6, 6.07) is 7.77. The standard InChI is InChI=1S/C17H22N4O/c1-13-4-6-14(7-5-13)16(21(2)3)17(22)20-9-8-15-12-18-10-11-19-15/h4-7,10-12,16H,8-9H2,1-3H3,(H,20,22). The van der Waals surface area contributed by atoms with Crippen LogP contribution in [0.4, 0.5) is 0 Å². The van der Waals surface area contributed by atoms with Crippen molar-refractivity contribution in [3.63, 3.8) is 0 Å². The van der Waals surface area contributed by atoms with Gasteiger partial charge in [-0.15, -0.1) is 0 Å². The first-order valence-electron chi connectivity index (χ1n) is 7.33. The maximum Gasteiger partial charge on any atom is 0.241 e. The first kappa shape index (κ1) is 16.1. The lowest BCUT2D eigenvalue weighted by molar-refractivity contribution is -0.125. The number of hydrogen-bond donors (Lipinski definition) is 1. The minimum absolute atomic E-state index is 0.00209. The van der Waals surface area contributed by atoms with Crippen LogP contribution in [0, 0.1) is 6.92 Å². The van der Waals surface area contributed by atoms with E-state index in [0.29, 0.717) is 13.0 Å². The smallest absolute Gasteiger partial charge is 0.241 e. The maximum absolute atomic E-state index is 12.5. The largest absolute Gasteiger partial charge is 0.354 e. The van der Waals surface area contributed by atoms with E-state index >= 15 is 0 Å². The summed E-state index contributed by atoms with van der Waals surface area (Å²) < 4.78 is 0. The molecular formula is C17H22N4O. The van der Waals surface area contributed by atoms with Crippen molar-refractivity contribution in [2.24, 2.45) is 0 Å². The van der Waals surface area contributed by atoms with Gasteiger partial charge in [0.1, 0.15) is 6.04 Å². The fourth-order valence-electron chi connectivity index (χ4n) is 2.30. The predicted molar refractivity (Wildman–Crippen MR) is 86.4 cm³/mol. The molecule has 2 rings (SSSR count). The van der Waals surface area contributed by atoms with Crippen LogP contribution in [0.1, 0.15) is 22.9 Å². The Kier molecular flexibility index (Phi) is 5.61. The molecule has 5 nitrogen and oxygen atoms in total. The normalized spacial score (nSPS) is 12.2. The Labute approximate surface area is 131 Å². The summed E-state index contributed by atoms with van der Waals surface area (Å²) in [5.41, 5.74) is 3.05. The number of carbonyl (C=O) groups excluding carboxylic acids is 1. The number of benzene rings is 1. The number of aryl methyl sites for hydroxylation is 1. The van der Waals surface area contributed by atoms with Crippen molar-refractivity contribution >= 4 is 5.91 Å². The molecule has 1 N–H and O–H groups in total. The molecule has 1 heterocycles. The zero-order valence-corrected chi connectivity index (χ0v) is 13.3. The minimum Gasteiger partial charge on any atom is -0.354 e. The van der Waals surface area contributed by atoms with E-state index < -0.39 is 0 Å². The summed E-state index contributed by atoms with van der Waals surface area (Å²) in [5, 5.41) is 2.98. The highest BCUT2D eigenvalue weighted by Gasteiger charge is 2.22. The maximum atomic E-state index is 12.5. The van der Waals surface area contributed by atoms with E-state index in [1.165, 1.54) is 5.56 Å². The number of hydrogen-bond acceptors (Lipinski definition) is 4. The van der Waals surface area contributed by atoms with Crippen molar-refractivity contribution in [1.29, 1.82) is 0 Å². The molecule has 0 saturated carbocycles. The molecule has 1 aromatic heterocycles. The van der Waals surface area contributed by atoms with E-state index in [1.807, 2.05) is 50.2 Å². The number of rotatable bonds is 6. The summed E-state index contributed by atoms with van der Waals surface area (Å²) in [5.74, 6) is -0.00209. The molecule has 2 aromatic rings. The van der Waals surface area contributed by atoms with Gasteiger partial charge in [0.2, 0.25) is 5.91 Å². The number of carbonyl (C=O) groups is 1. The van der Waals surface area contributed by atoms with Crippen molar-refractivity contribution in [2.75, 3.05) is 20.6 Å². The first-order chi connectivity index (χ1) is 10.6. The van der Waals surface area contributed by atoms with Crippen LogP contribution in [0.15, 0.2) is 42.9 Å². The highest BCUT2D eigenvalue weighted by molar-refractivity contribution is 5.83. The van der Waals surface area contributed by atoms with Gasteiger partial charge in [-0.3, -0.25) is 19.7 Å². The molecule has 0 radical (unpaired) electrons. The van der Waals surface area contributed by atoms with Gasteiger partial charge >= 0.3 is 0 Å². The molecule has 0 aliphatic heterocycles. The number of nitrogens with one attached hydrogen (secondary N) is 1. The molecule has 1 unspecified atom stereocenters. The average Bonchev–Trinajstić information content (AvgIpc) is 2.50. The number of nitrogens with zero attached hydrogens (tertiary/aromatic N) is 3. The second kappa shape index (κ2) is 7.66. The number of likely N-dealkylation sites (N-methyl/N-ethyl adjacent to an activating group) is 1. The summed E-state index contributed by atoms with van der Waals surface area (Å²) in [6.07, 6.45) is 5.69. The average molecular weight is 298 g/mol. The zero-order valence-electron chi connectivity index (χ0n) is 13.3. The van der Waals surface area contributed by atoms with Crippen LogP contribution in [-0.2, 0) is 11.2 Å². The van der Waals surface area contributed by atoms with Crippen molar-refractivity contribution in [3.05, 3.63) is 59.7 Å². The van der Waals surface area contributed by atoms with Crippen molar-refractivity contribution in [2.45, 2.75) is 19.4 Å². The third-order valence-corrected chi connectivity index (χ3v) is 3.45. The molecular weight excluding hydrogens is 276 g/mol. The van der Waals surface area contributed by atoms with Crippen LogP contribution in [0.25, 0.3) is 0 Å². The summed E-state index contributed by atoms with van der Waals surface area (Å²) in [7, 11) is 3.82. The Morgan fingerprint density at radius 1 is 1.23 bits per heavy atom. The van der Waals surface area contributed by atoms with Crippen molar-refractivity contribution in [1.82, 2.24) is 20.2 Å². The third-order valence-electron chi connectivity index (χ3n) is 3.45. The van der Waals surface area contributed by atoms with E-state index in [2.05, 4.69) is 15.3 Å². The SMILES string of the molecule is Cc1ccc(C(C(=O)NCCc2cnccn2)N(C)C)cc1. The lowest BCUT2D eigenvalue weighted by Gasteiger charge is -2.24. The summed E-state index contributed by atoms with van der Waals surface area (Å²) in [4.78, 5) is 22.6. The predicted octanol–water partition coefficient (Wildman–Crippen LogP) is 1.75. The quantitative estimate of drug-likeness (QED) is 0.882. The van der Waals surface area contributed by atoms with Gasteiger partial charge in [-0.25, -0.2) is 0 Å². The molecule has 0 aliphatic carbocycles. The second-order valence-corrected chi connectivity index (χ2v) is 5.51. The molecule has 0 fully saturated rings. The van der Waals surface area contributed by atoms with Crippen molar-refractivity contribution < 1.29 is 4.79 Å². The third kappa shape index (κ3) is 4.36. The van der Waals surface area contributed by atoms with Crippen LogP contribution >= 0.6 is 0 Å². The lowest BCUT2D eigenvalue weighted by Crippen LogP contribution is -2.38. The van der Waals surface area contributed by atoms with Gasteiger partial charge in [0.05, 0.1) is 5.69 Å². The molecule has 1 atom stereocenters. The minimum atomic E-state index is -0.289. The first-order valence-corrected chi connectivity index (χ1v) is 7.33. The van der Waals surface area contributed by atoms with Gasteiger partial charge in [-0.2, -0.15) is 0 Å². The molecule has 22 heavy (non-hydrogen) atoms. The summed E-state index contributed by atoms with van der Waals surface area (Å²) >= 11 is 0. The van der Waals surface area contributed by atoms with Gasteiger partial charge in [-0.05, 0) is 26.6 Å². The van der Waals surface area contributed by atoms with Gasteiger partial charge in [0, 0.05) is 31.6 Å². The molecule has 116 valence electrons. The summed E-state index contributed by atoms with van der Waals surface area (Å²) in [6.45, 7) is 2.59. The Hall–Kier alpha value is -2.27. The van der Waals surface area contributed by atoms with Gasteiger partial charge < -0.3 is 5.32 Å². The highest BCUT2D eigenvalue weighted by Crippen LogP contribution is 2.18. The highest BCUT2D eigenvalue weighted by atomic mass is 16.2. The Morgan fingerprint density at radius 3 is 2.55 bits per heavy atom. The fourth-order valence-corrected chi connectivity index (χ4v) is 2.30. The van der Waals surface area contributed by atoms with Crippen LogP contribution in [0.5, 0.6) is 0 Å². The molecule has 0 aliphatic rings. The molecule has 5 heteroatoms. The van der Waals surface area contributed by atoms with Crippen LogP contribution in [0.2, 0.25) is 0 Å².